The molecule has 12 nitrogen and oxygen atoms in total. The molecule has 2 heterocycles. The van der Waals surface area contributed by atoms with Gasteiger partial charge in [-0.05, 0) is 79.9 Å². The highest BCUT2D eigenvalue weighted by Crippen LogP contribution is 2.42. The highest BCUT2D eigenvalue weighted by atomic mass is 16.5. The Balaban J connectivity index is 0.000000214. The van der Waals surface area contributed by atoms with Crippen molar-refractivity contribution in [2.24, 2.45) is 5.92 Å². The van der Waals surface area contributed by atoms with Gasteiger partial charge in [0.25, 0.3) is 5.56 Å². The summed E-state index contributed by atoms with van der Waals surface area (Å²) in [6.07, 6.45) is 6.83. The highest BCUT2D eigenvalue weighted by Gasteiger charge is 2.36. The van der Waals surface area contributed by atoms with Crippen molar-refractivity contribution in [3.63, 3.8) is 0 Å². The zero-order valence-electron chi connectivity index (χ0n) is 32.8. The number of aromatic hydroxyl groups is 1. The van der Waals surface area contributed by atoms with E-state index in [1.807, 2.05) is 0 Å². The van der Waals surface area contributed by atoms with E-state index in [1.165, 1.54) is 7.11 Å². The lowest BCUT2D eigenvalue weighted by molar-refractivity contribution is -0.119. The van der Waals surface area contributed by atoms with Crippen molar-refractivity contribution in [3.05, 3.63) is 94.3 Å². The van der Waals surface area contributed by atoms with Crippen LogP contribution in [0.1, 0.15) is 74.7 Å². The summed E-state index contributed by atoms with van der Waals surface area (Å²) in [6.45, 7) is 4.18. The van der Waals surface area contributed by atoms with Gasteiger partial charge in [0.1, 0.15) is 46.2 Å². The van der Waals surface area contributed by atoms with E-state index >= 15 is 0 Å². The van der Waals surface area contributed by atoms with Gasteiger partial charge in [-0.15, -0.1) is 0 Å². The van der Waals surface area contributed by atoms with Crippen LogP contribution in [0.25, 0.3) is 10.9 Å². The third-order valence-corrected chi connectivity index (χ3v) is 9.52. The summed E-state index contributed by atoms with van der Waals surface area (Å²) in [5.74, 6) is 3.19. The number of aromatic amines is 1. The van der Waals surface area contributed by atoms with Crippen molar-refractivity contribution in [1.29, 1.82) is 0 Å². The molecule has 3 N–H and O–H groups in total. The minimum Gasteiger partial charge on any atom is -0.507 e. The first-order valence-corrected chi connectivity index (χ1v) is 18.8. The number of hydrogen-bond donors (Lipinski definition) is 3. The Hall–Kier alpha value is -6.17. The SMILES string of the molecule is CCCCCC1C(=O)Nc2c(Oc3ccc(OC)cc3)cc(OC)cc2C1=O.CCCCCc1c(O)c2cc(OC)cc(Oc3ccc(OC)cc3)c2[nH]c1=O. The molecule has 1 aliphatic rings. The van der Waals surface area contributed by atoms with E-state index in [9.17, 15) is 19.5 Å². The molecule has 1 aromatic heterocycles. The fourth-order valence-electron chi connectivity index (χ4n) is 6.38. The summed E-state index contributed by atoms with van der Waals surface area (Å²) < 4.78 is 32.9. The number of carbonyl (C=O) groups is 2. The Labute approximate surface area is 326 Å². The standard InChI is InChI=1S/2C22H25NO5/c2*1-4-5-6-7-17-21(24)18-12-16(27-3)13-19(20(18)23-22(17)25)28-15-10-8-14(26-2)9-11-15/h8-13H,4-7H2,1-3H3,(H2,23,24,25);8-13,17H,4-7H2,1-3H3,(H,23,25). The summed E-state index contributed by atoms with van der Waals surface area (Å²) >= 11 is 0. The summed E-state index contributed by atoms with van der Waals surface area (Å²) in [5, 5.41) is 14.1. The number of anilines is 1. The number of aromatic nitrogens is 1. The van der Waals surface area contributed by atoms with Crippen LogP contribution in [-0.2, 0) is 11.2 Å². The van der Waals surface area contributed by atoms with Crippen molar-refractivity contribution in [2.75, 3.05) is 33.8 Å². The predicted molar refractivity (Wildman–Crippen MR) is 216 cm³/mol. The van der Waals surface area contributed by atoms with Crippen molar-refractivity contribution in [3.8, 4) is 51.7 Å². The Bertz CT molecular complexity index is 2180. The van der Waals surface area contributed by atoms with Gasteiger partial charge in [0.15, 0.2) is 17.3 Å². The van der Waals surface area contributed by atoms with Crippen molar-refractivity contribution in [2.45, 2.75) is 65.2 Å². The fraction of sp³-hybridized carbons (Fsp3) is 0.341. The molecule has 1 amide bonds. The van der Waals surface area contributed by atoms with Crippen molar-refractivity contribution < 1.29 is 43.1 Å². The van der Waals surface area contributed by atoms with E-state index in [4.69, 9.17) is 28.4 Å². The van der Waals surface area contributed by atoms with Crippen LogP contribution >= 0.6 is 0 Å². The largest absolute Gasteiger partial charge is 0.507 e. The molecule has 12 heteroatoms. The van der Waals surface area contributed by atoms with Crippen LogP contribution in [0.4, 0.5) is 5.69 Å². The number of unbranched alkanes of at least 4 members (excludes halogenated alkanes) is 4. The Morgan fingerprint density at radius 1 is 0.625 bits per heavy atom. The monoisotopic (exact) mass is 766 g/mol. The molecule has 6 rings (SSSR count). The van der Waals surface area contributed by atoms with Gasteiger partial charge in [-0.2, -0.15) is 0 Å². The number of benzene rings is 4. The number of fused-ring (bicyclic) bond motifs is 2. The van der Waals surface area contributed by atoms with E-state index in [0.717, 1.165) is 38.5 Å². The maximum absolute atomic E-state index is 13.0. The van der Waals surface area contributed by atoms with E-state index in [-0.39, 0.29) is 23.0 Å². The first-order chi connectivity index (χ1) is 27.1. The molecular weight excluding hydrogens is 716 g/mol. The van der Waals surface area contributed by atoms with Crippen LogP contribution < -0.4 is 39.3 Å². The fourth-order valence-corrected chi connectivity index (χ4v) is 6.38. The number of amides is 1. The van der Waals surface area contributed by atoms with Crippen LogP contribution in [0, 0.1) is 5.92 Å². The number of rotatable bonds is 16. The second kappa shape index (κ2) is 19.4. The third kappa shape index (κ3) is 9.73. The minimum atomic E-state index is -0.667. The number of pyridine rings is 1. The molecule has 0 bridgehead atoms. The van der Waals surface area contributed by atoms with E-state index < -0.39 is 5.92 Å². The zero-order valence-corrected chi connectivity index (χ0v) is 32.8. The van der Waals surface area contributed by atoms with Crippen LogP contribution in [0.3, 0.4) is 0 Å². The number of ether oxygens (including phenoxy) is 6. The number of carbonyl (C=O) groups excluding carboxylic acids is 2. The maximum atomic E-state index is 13.0. The van der Waals surface area contributed by atoms with E-state index in [1.54, 1.807) is 94.1 Å². The number of hydrogen-bond acceptors (Lipinski definition) is 10. The van der Waals surface area contributed by atoms with Gasteiger partial charge in [0.2, 0.25) is 5.91 Å². The first kappa shape index (κ1) is 41.0. The van der Waals surface area contributed by atoms with Gasteiger partial charge < -0.3 is 43.8 Å². The number of H-pyrrole nitrogens is 1. The Morgan fingerprint density at radius 2 is 1.14 bits per heavy atom. The number of methoxy groups -OCH3 is 4. The lowest BCUT2D eigenvalue weighted by Gasteiger charge is -2.26. The molecule has 1 unspecified atom stereocenters. The molecule has 0 saturated carbocycles. The van der Waals surface area contributed by atoms with E-state index in [2.05, 4.69) is 24.1 Å². The maximum Gasteiger partial charge on any atom is 0.255 e. The normalized spacial score (nSPS) is 13.2. The summed E-state index contributed by atoms with van der Waals surface area (Å²) in [7, 11) is 6.26. The molecule has 0 radical (unpaired) electrons. The molecule has 0 spiro atoms. The lowest BCUT2D eigenvalue weighted by Crippen LogP contribution is -2.35. The lowest BCUT2D eigenvalue weighted by atomic mass is 9.87. The number of nitrogens with one attached hydrogen (secondary N) is 2. The second-order valence-corrected chi connectivity index (χ2v) is 13.3. The minimum absolute atomic E-state index is 0.0201. The molecule has 4 aromatic carbocycles. The summed E-state index contributed by atoms with van der Waals surface area (Å²) in [6, 6.07) is 20.8. The van der Waals surface area contributed by atoms with Crippen LogP contribution in [0.5, 0.6) is 51.7 Å². The molecule has 1 atom stereocenters. The predicted octanol–water partition coefficient (Wildman–Crippen LogP) is 9.60. The molecular formula is C44H50N2O10. The van der Waals surface area contributed by atoms with Gasteiger partial charge in [-0.25, -0.2) is 0 Å². The summed E-state index contributed by atoms with van der Waals surface area (Å²) in [4.78, 5) is 41.0. The molecule has 0 saturated heterocycles. The third-order valence-electron chi connectivity index (χ3n) is 9.52. The van der Waals surface area contributed by atoms with Crippen LogP contribution in [0.15, 0.2) is 77.6 Å². The van der Waals surface area contributed by atoms with Gasteiger partial charge in [-0.3, -0.25) is 14.4 Å². The van der Waals surface area contributed by atoms with Crippen LogP contribution in [-0.4, -0.2) is 50.2 Å². The van der Waals surface area contributed by atoms with Crippen molar-refractivity contribution in [1.82, 2.24) is 4.98 Å². The number of ketones is 1. The quantitative estimate of drug-likeness (QED) is 0.0653. The van der Waals surface area contributed by atoms with Gasteiger partial charge in [-0.1, -0.05) is 46.0 Å². The second-order valence-electron chi connectivity index (χ2n) is 13.3. The molecule has 1 aliphatic heterocycles. The van der Waals surface area contributed by atoms with Gasteiger partial charge in [0.05, 0.1) is 45.2 Å². The number of Topliss-reactive ketones (excluding diaryl/α,β-unsaturated/α-hetero) is 1. The molecule has 296 valence electrons. The zero-order chi connectivity index (χ0) is 40.2. The van der Waals surface area contributed by atoms with Gasteiger partial charge in [0, 0.05) is 23.1 Å². The first-order valence-electron chi connectivity index (χ1n) is 18.8. The molecule has 0 fully saturated rings. The Morgan fingerprint density at radius 3 is 1.71 bits per heavy atom. The van der Waals surface area contributed by atoms with E-state index in [0.29, 0.717) is 86.6 Å². The smallest absolute Gasteiger partial charge is 0.255 e. The van der Waals surface area contributed by atoms with Crippen LogP contribution in [0.2, 0.25) is 0 Å². The average molecular weight is 767 g/mol. The summed E-state index contributed by atoms with van der Waals surface area (Å²) in [5.41, 5.74) is 1.33. The topological polar surface area (TPSA) is 155 Å². The Kier molecular flexibility index (Phi) is 14.2. The average Bonchev–Trinajstić information content (AvgIpc) is 3.21. The highest BCUT2D eigenvalue weighted by molar-refractivity contribution is 6.21. The van der Waals surface area contributed by atoms with Gasteiger partial charge >= 0.3 is 0 Å². The molecule has 56 heavy (non-hydrogen) atoms. The molecule has 0 aliphatic carbocycles. The van der Waals surface area contributed by atoms with Crippen molar-refractivity contribution >= 4 is 28.3 Å². The molecule has 5 aromatic rings.